The highest BCUT2D eigenvalue weighted by molar-refractivity contribution is 5.96. The van der Waals surface area contributed by atoms with Gasteiger partial charge in [0.25, 0.3) is 5.91 Å². The summed E-state index contributed by atoms with van der Waals surface area (Å²) in [6.45, 7) is 13.5. The van der Waals surface area contributed by atoms with Gasteiger partial charge in [0, 0.05) is 74.8 Å². The molecule has 1 aromatic rings. The van der Waals surface area contributed by atoms with Crippen molar-refractivity contribution in [3.8, 4) is 0 Å². The molecule has 47 heavy (non-hydrogen) atoms. The van der Waals surface area contributed by atoms with Gasteiger partial charge < -0.3 is 36.3 Å². The first-order valence-corrected chi connectivity index (χ1v) is 16.5. The van der Waals surface area contributed by atoms with Gasteiger partial charge in [-0.1, -0.05) is 27.7 Å². The molecular weight excluding hydrogens is 604 g/mol. The molecule has 14 heteroatoms. The highest BCUT2D eigenvalue weighted by Gasteiger charge is 2.36. The Morgan fingerprint density at radius 3 is 2.17 bits per heavy atom. The normalized spacial score (nSPS) is 22.7. The van der Waals surface area contributed by atoms with Gasteiger partial charge in [-0.15, -0.1) is 0 Å². The number of amides is 4. The average molecular weight is 657 g/mol. The molecule has 4 aliphatic rings. The van der Waals surface area contributed by atoms with Crippen molar-refractivity contribution in [2.24, 2.45) is 23.5 Å². The number of carbonyl (C=O) groups is 5. The number of aromatic nitrogens is 2. The average Bonchev–Trinajstić information content (AvgIpc) is 3.83. The van der Waals surface area contributed by atoms with Gasteiger partial charge in [0.1, 0.15) is 11.5 Å². The van der Waals surface area contributed by atoms with Gasteiger partial charge in [-0.05, 0) is 50.2 Å². The van der Waals surface area contributed by atoms with E-state index in [2.05, 4.69) is 20.8 Å². The zero-order valence-corrected chi connectivity index (χ0v) is 28.3. The molecule has 4 amide bonds. The third kappa shape index (κ3) is 11.6. The summed E-state index contributed by atoms with van der Waals surface area (Å²) in [7, 11) is 0. The van der Waals surface area contributed by atoms with Crippen LogP contribution in [-0.4, -0.2) is 107 Å². The van der Waals surface area contributed by atoms with Gasteiger partial charge in [0.15, 0.2) is 0 Å². The summed E-state index contributed by atoms with van der Waals surface area (Å²) < 4.78 is 5.16. The molecule has 3 saturated heterocycles. The molecule has 1 aromatic heterocycles. The molecule has 0 spiro atoms. The van der Waals surface area contributed by atoms with Crippen molar-refractivity contribution in [3.05, 3.63) is 29.2 Å². The smallest absolute Gasteiger partial charge is 0.274 e. The number of nitrogens with zero attached hydrogens (tertiary/aromatic N) is 3. The quantitative estimate of drug-likeness (QED) is 0.195. The Balaban J connectivity index is 0.000000215. The van der Waals surface area contributed by atoms with Gasteiger partial charge in [0.05, 0.1) is 18.4 Å². The van der Waals surface area contributed by atoms with Crippen LogP contribution in [0.3, 0.4) is 0 Å². The van der Waals surface area contributed by atoms with E-state index < -0.39 is 0 Å². The van der Waals surface area contributed by atoms with Crippen LogP contribution in [0.2, 0.25) is 0 Å². The van der Waals surface area contributed by atoms with E-state index in [9.17, 15) is 24.0 Å². The van der Waals surface area contributed by atoms with Crippen LogP contribution in [0.4, 0.5) is 0 Å². The maximum atomic E-state index is 12.4. The molecule has 3 atom stereocenters. The van der Waals surface area contributed by atoms with Crippen LogP contribution in [0.1, 0.15) is 88.8 Å². The lowest BCUT2D eigenvalue weighted by Gasteiger charge is -2.25. The molecule has 1 saturated carbocycles. The Bertz CT molecular complexity index is 1290. The third-order valence-electron chi connectivity index (χ3n) is 8.60. The maximum Gasteiger partial charge on any atom is 0.274 e. The Morgan fingerprint density at radius 1 is 1.04 bits per heavy atom. The second kappa shape index (κ2) is 17.7. The number of hydrogen-bond donors (Lipinski definition) is 5. The first kappa shape index (κ1) is 37.4. The number of carbonyl (C=O) groups excluding carboxylic acids is 5. The summed E-state index contributed by atoms with van der Waals surface area (Å²) in [5, 5.41) is 20.2. The zero-order chi connectivity index (χ0) is 34.7. The Morgan fingerprint density at radius 2 is 1.68 bits per heavy atom. The van der Waals surface area contributed by atoms with E-state index in [1.54, 1.807) is 28.9 Å². The predicted octanol–water partition coefficient (Wildman–Crippen LogP) is 1.74. The standard InChI is InChI=1S/C16H22N4O3.C10H16N2O3.C7H14N2/c1-9(2)13-7-14(19-18-13)16(23)20-4-3-11(8-20)17-15(22)10-5-12(21)6-10;13-7-12-3-1-9(5-12)11-10(14)8-2-4-15-6-8;1-5(2)7(9)4-6(3)8/h7,9-11H,3-6,8H2,1-2H3,(H,17,22)(H,18,19);7-9H,1-6H2,(H,11,14);4-5,9H,8H2,1-3H3/b;;6-4-,9-7?. The van der Waals surface area contributed by atoms with Crippen LogP contribution in [0, 0.1) is 23.2 Å². The molecule has 14 nitrogen and oxygen atoms in total. The zero-order valence-electron chi connectivity index (χ0n) is 28.3. The number of aromatic amines is 1. The summed E-state index contributed by atoms with van der Waals surface area (Å²) >= 11 is 0. The maximum absolute atomic E-state index is 12.4. The Kier molecular flexibility index (Phi) is 14.1. The molecule has 3 aliphatic heterocycles. The first-order valence-electron chi connectivity index (χ1n) is 16.5. The fraction of sp³-hybridized carbons (Fsp3) is 0.667. The molecular formula is C33H52N8O6. The van der Waals surface area contributed by atoms with E-state index in [0.717, 1.165) is 37.9 Å². The molecule has 4 heterocycles. The number of H-pyrrole nitrogens is 1. The molecule has 5 rings (SSSR count). The fourth-order valence-corrected chi connectivity index (χ4v) is 5.43. The molecule has 6 N–H and O–H groups in total. The first-order chi connectivity index (χ1) is 22.3. The summed E-state index contributed by atoms with van der Waals surface area (Å²) in [6.07, 6.45) is 5.64. The molecule has 260 valence electrons. The SMILES string of the molecule is C/C(N)=C/C(=N)C(C)C.CC(C)c1cc(C(=O)N2CCC(NC(=O)C3CC(=O)C3)C2)n[nH]1.O=CN1CCC(NC(=O)C2CCOC2)C1. The minimum atomic E-state index is -0.174. The lowest BCUT2D eigenvalue weighted by atomic mass is 9.83. The van der Waals surface area contributed by atoms with Crippen LogP contribution < -0.4 is 16.4 Å². The summed E-state index contributed by atoms with van der Waals surface area (Å²) in [4.78, 5) is 61.0. The van der Waals surface area contributed by atoms with Crippen LogP contribution in [0.5, 0.6) is 0 Å². The number of rotatable bonds is 9. The minimum absolute atomic E-state index is 0.00952. The number of allylic oxidation sites excluding steroid dienone is 2. The van der Waals surface area contributed by atoms with Gasteiger partial charge >= 0.3 is 0 Å². The van der Waals surface area contributed by atoms with Crippen molar-refractivity contribution in [1.29, 1.82) is 5.41 Å². The number of ketones is 1. The van der Waals surface area contributed by atoms with Crippen LogP contribution >= 0.6 is 0 Å². The van der Waals surface area contributed by atoms with E-state index >= 15 is 0 Å². The Hall–Kier alpha value is -4.07. The predicted molar refractivity (Wildman–Crippen MR) is 176 cm³/mol. The van der Waals surface area contributed by atoms with E-state index in [1.807, 2.05) is 27.7 Å². The lowest BCUT2D eigenvalue weighted by Crippen LogP contribution is -2.45. The summed E-state index contributed by atoms with van der Waals surface area (Å²) in [6, 6.07) is 1.88. The molecule has 0 radical (unpaired) electrons. The van der Waals surface area contributed by atoms with Crippen molar-refractivity contribution >= 4 is 35.6 Å². The Labute approximate surface area is 277 Å². The summed E-state index contributed by atoms with van der Waals surface area (Å²) in [5.74, 6) is 0.457. The molecule has 1 aliphatic carbocycles. The molecule has 3 unspecified atom stereocenters. The topological polar surface area (TPSA) is 204 Å². The van der Waals surface area contributed by atoms with Crippen molar-refractivity contribution in [1.82, 2.24) is 30.6 Å². The van der Waals surface area contributed by atoms with Crippen LogP contribution in [0.15, 0.2) is 17.8 Å². The van der Waals surface area contributed by atoms with Gasteiger partial charge in [0.2, 0.25) is 18.2 Å². The second-order valence-electron chi connectivity index (χ2n) is 13.4. The van der Waals surface area contributed by atoms with Gasteiger partial charge in [-0.25, -0.2) is 0 Å². The number of nitrogens with one attached hydrogen (secondary N) is 4. The van der Waals surface area contributed by atoms with Gasteiger partial charge in [-0.2, -0.15) is 5.10 Å². The van der Waals surface area contributed by atoms with Crippen molar-refractivity contribution < 1.29 is 28.7 Å². The van der Waals surface area contributed by atoms with E-state index in [4.69, 9.17) is 15.9 Å². The van der Waals surface area contributed by atoms with Crippen LogP contribution in [-0.2, 0) is 23.9 Å². The number of likely N-dealkylation sites (tertiary alicyclic amines) is 2. The highest BCUT2D eigenvalue weighted by Crippen LogP contribution is 2.24. The largest absolute Gasteiger partial charge is 0.402 e. The minimum Gasteiger partial charge on any atom is -0.402 e. The van der Waals surface area contributed by atoms with E-state index in [-0.39, 0.29) is 53.3 Å². The lowest BCUT2D eigenvalue weighted by molar-refractivity contribution is -0.138. The highest BCUT2D eigenvalue weighted by atomic mass is 16.5. The summed E-state index contributed by atoms with van der Waals surface area (Å²) in [5.41, 5.74) is 8.01. The second-order valence-corrected chi connectivity index (χ2v) is 13.4. The van der Waals surface area contributed by atoms with Crippen molar-refractivity contribution in [2.75, 3.05) is 39.4 Å². The molecule has 0 bridgehead atoms. The van der Waals surface area contributed by atoms with Crippen LogP contribution in [0.25, 0.3) is 0 Å². The monoisotopic (exact) mass is 656 g/mol. The van der Waals surface area contributed by atoms with Gasteiger partial charge in [-0.3, -0.25) is 29.1 Å². The number of hydrogen-bond acceptors (Lipinski definition) is 9. The van der Waals surface area contributed by atoms with Crippen molar-refractivity contribution in [3.63, 3.8) is 0 Å². The van der Waals surface area contributed by atoms with E-state index in [0.29, 0.717) is 68.7 Å². The fourth-order valence-electron chi connectivity index (χ4n) is 5.43. The third-order valence-corrected chi connectivity index (χ3v) is 8.60. The number of Topliss-reactive ketones (excluding diaryl/α,β-unsaturated/α-hetero) is 1. The number of nitrogens with two attached hydrogens (primary N) is 1. The number of ether oxygens (including phenoxy) is 1. The van der Waals surface area contributed by atoms with Crippen molar-refractivity contribution in [2.45, 2.75) is 84.7 Å². The molecule has 0 aromatic carbocycles. The van der Waals surface area contributed by atoms with E-state index in [1.165, 1.54) is 0 Å². The molecule has 4 fully saturated rings.